The lowest BCUT2D eigenvalue weighted by Crippen LogP contribution is -2.14. The third-order valence-corrected chi connectivity index (χ3v) is 2.78. The number of hydrogen-bond acceptors (Lipinski definition) is 5. The SMILES string of the molecule is CNc1cc(N(C)c2ccccc2)nc(COC)n1. The van der Waals surface area contributed by atoms with Crippen molar-refractivity contribution < 1.29 is 4.74 Å². The van der Waals surface area contributed by atoms with Gasteiger partial charge in [0, 0.05) is 33.0 Å². The van der Waals surface area contributed by atoms with Gasteiger partial charge in [0.15, 0.2) is 5.82 Å². The average molecular weight is 258 g/mol. The molecular weight excluding hydrogens is 240 g/mol. The summed E-state index contributed by atoms with van der Waals surface area (Å²) in [7, 11) is 5.45. The minimum atomic E-state index is 0.394. The van der Waals surface area contributed by atoms with Crippen molar-refractivity contribution >= 4 is 17.3 Å². The van der Waals surface area contributed by atoms with Crippen molar-refractivity contribution in [1.29, 1.82) is 0 Å². The third kappa shape index (κ3) is 3.20. The zero-order chi connectivity index (χ0) is 13.7. The molecule has 0 amide bonds. The van der Waals surface area contributed by atoms with Gasteiger partial charge in [0.1, 0.15) is 18.2 Å². The number of anilines is 3. The van der Waals surface area contributed by atoms with Crippen molar-refractivity contribution in [2.75, 3.05) is 31.4 Å². The Kier molecular flexibility index (Phi) is 4.30. The summed E-state index contributed by atoms with van der Waals surface area (Å²) in [6.07, 6.45) is 0. The van der Waals surface area contributed by atoms with Gasteiger partial charge in [-0.25, -0.2) is 9.97 Å². The molecule has 0 spiro atoms. The lowest BCUT2D eigenvalue weighted by molar-refractivity contribution is 0.178. The van der Waals surface area contributed by atoms with Gasteiger partial charge in [0.25, 0.3) is 0 Å². The molecule has 0 atom stereocenters. The van der Waals surface area contributed by atoms with Crippen LogP contribution in [0, 0.1) is 0 Å². The number of aromatic nitrogens is 2. The molecule has 0 saturated heterocycles. The molecule has 0 unspecified atom stereocenters. The molecule has 0 aliphatic heterocycles. The molecule has 0 radical (unpaired) electrons. The third-order valence-electron chi connectivity index (χ3n) is 2.78. The van der Waals surface area contributed by atoms with Crippen LogP contribution in [-0.2, 0) is 11.3 Å². The summed E-state index contributed by atoms with van der Waals surface area (Å²) in [4.78, 5) is 10.9. The maximum Gasteiger partial charge on any atom is 0.158 e. The van der Waals surface area contributed by atoms with Gasteiger partial charge >= 0.3 is 0 Å². The topological polar surface area (TPSA) is 50.3 Å². The van der Waals surface area contributed by atoms with Gasteiger partial charge < -0.3 is 15.0 Å². The Labute approximate surface area is 113 Å². The van der Waals surface area contributed by atoms with Gasteiger partial charge in [0.2, 0.25) is 0 Å². The van der Waals surface area contributed by atoms with Crippen molar-refractivity contribution in [2.45, 2.75) is 6.61 Å². The molecule has 0 bridgehead atoms. The zero-order valence-corrected chi connectivity index (χ0v) is 11.4. The van der Waals surface area contributed by atoms with Crippen LogP contribution in [0.25, 0.3) is 0 Å². The van der Waals surface area contributed by atoms with E-state index >= 15 is 0 Å². The van der Waals surface area contributed by atoms with Crippen LogP contribution in [0.4, 0.5) is 17.3 Å². The van der Waals surface area contributed by atoms with Crippen LogP contribution in [0.15, 0.2) is 36.4 Å². The molecule has 1 heterocycles. The van der Waals surface area contributed by atoms with Crippen molar-refractivity contribution in [3.8, 4) is 0 Å². The molecule has 5 heteroatoms. The minimum Gasteiger partial charge on any atom is -0.377 e. The van der Waals surface area contributed by atoms with Crippen LogP contribution >= 0.6 is 0 Å². The predicted octanol–water partition coefficient (Wildman–Crippen LogP) is 2.43. The van der Waals surface area contributed by atoms with E-state index in [-0.39, 0.29) is 0 Å². The summed E-state index contributed by atoms with van der Waals surface area (Å²) in [5, 5.41) is 3.04. The van der Waals surface area contributed by atoms with Crippen molar-refractivity contribution in [2.24, 2.45) is 0 Å². The quantitative estimate of drug-likeness (QED) is 0.892. The minimum absolute atomic E-state index is 0.394. The monoisotopic (exact) mass is 258 g/mol. The van der Waals surface area contributed by atoms with Crippen LogP contribution in [0.3, 0.4) is 0 Å². The Morgan fingerprint density at radius 3 is 2.58 bits per heavy atom. The highest BCUT2D eigenvalue weighted by Gasteiger charge is 2.09. The molecule has 2 rings (SSSR count). The van der Waals surface area contributed by atoms with E-state index in [0.29, 0.717) is 12.4 Å². The summed E-state index contributed by atoms with van der Waals surface area (Å²) in [5.74, 6) is 2.27. The smallest absolute Gasteiger partial charge is 0.158 e. The fourth-order valence-electron chi connectivity index (χ4n) is 1.76. The molecule has 1 N–H and O–H groups in total. The molecule has 2 aromatic rings. The van der Waals surface area contributed by atoms with E-state index in [0.717, 1.165) is 17.3 Å². The molecule has 0 saturated carbocycles. The maximum absolute atomic E-state index is 5.10. The number of rotatable bonds is 5. The van der Waals surface area contributed by atoms with Gasteiger partial charge in [-0.3, -0.25) is 0 Å². The molecule has 19 heavy (non-hydrogen) atoms. The first-order valence-corrected chi connectivity index (χ1v) is 6.08. The Morgan fingerprint density at radius 1 is 1.21 bits per heavy atom. The van der Waals surface area contributed by atoms with Crippen LogP contribution < -0.4 is 10.2 Å². The van der Waals surface area contributed by atoms with E-state index in [1.165, 1.54) is 0 Å². The predicted molar refractivity (Wildman–Crippen MR) is 76.8 cm³/mol. The van der Waals surface area contributed by atoms with E-state index in [1.54, 1.807) is 7.11 Å². The zero-order valence-electron chi connectivity index (χ0n) is 11.4. The van der Waals surface area contributed by atoms with Crippen molar-refractivity contribution in [3.63, 3.8) is 0 Å². The Morgan fingerprint density at radius 2 is 1.95 bits per heavy atom. The van der Waals surface area contributed by atoms with Gasteiger partial charge in [-0.15, -0.1) is 0 Å². The number of nitrogens with zero attached hydrogens (tertiary/aromatic N) is 3. The number of para-hydroxylation sites is 1. The summed E-state index contributed by atoms with van der Waals surface area (Å²) in [6.45, 7) is 0.394. The number of nitrogens with one attached hydrogen (secondary N) is 1. The second-order valence-electron chi connectivity index (χ2n) is 4.11. The van der Waals surface area contributed by atoms with Crippen molar-refractivity contribution in [1.82, 2.24) is 9.97 Å². The summed E-state index contributed by atoms with van der Waals surface area (Å²) in [6, 6.07) is 12.0. The standard InChI is InChI=1S/C14H18N4O/c1-15-12-9-14(17-13(16-12)10-19-3)18(2)11-7-5-4-6-8-11/h4-9H,10H2,1-3H3,(H,15,16,17). The van der Waals surface area contributed by atoms with Crippen LogP contribution in [0.1, 0.15) is 5.82 Å². The van der Waals surface area contributed by atoms with Crippen LogP contribution in [-0.4, -0.2) is 31.2 Å². The van der Waals surface area contributed by atoms with E-state index in [1.807, 2.05) is 55.4 Å². The summed E-state index contributed by atoms with van der Waals surface area (Å²) in [5.41, 5.74) is 1.08. The molecule has 0 fully saturated rings. The normalized spacial score (nSPS) is 10.3. The molecule has 1 aromatic carbocycles. The lowest BCUT2D eigenvalue weighted by atomic mass is 10.3. The number of ether oxygens (including phenoxy) is 1. The number of methoxy groups -OCH3 is 1. The summed E-state index contributed by atoms with van der Waals surface area (Å²) >= 11 is 0. The van der Waals surface area contributed by atoms with E-state index < -0.39 is 0 Å². The van der Waals surface area contributed by atoms with Crippen LogP contribution in [0.2, 0.25) is 0 Å². The first-order chi connectivity index (χ1) is 9.24. The van der Waals surface area contributed by atoms with Gasteiger partial charge in [0.05, 0.1) is 0 Å². The average Bonchev–Trinajstić information content (AvgIpc) is 2.47. The fraction of sp³-hybridized carbons (Fsp3) is 0.286. The second-order valence-corrected chi connectivity index (χ2v) is 4.11. The number of benzene rings is 1. The van der Waals surface area contributed by atoms with Gasteiger partial charge in [-0.2, -0.15) is 0 Å². The number of hydrogen-bond donors (Lipinski definition) is 1. The highest BCUT2D eigenvalue weighted by molar-refractivity contribution is 5.61. The van der Waals surface area contributed by atoms with E-state index in [9.17, 15) is 0 Å². The van der Waals surface area contributed by atoms with Crippen LogP contribution in [0.5, 0.6) is 0 Å². The van der Waals surface area contributed by atoms with Crippen molar-refractivity contribution in [3.05, 3.63) is 42.2 Å². The molecule has 0 aliphatic rings. The molecule has 0 aliphatic carbocycles. The Bertz CT molecular complexity index is 530. The molecular formula is C14H18N4O. The highest BCUT2D eigenvalue weighted by atomic mass is 16.5. The second kappa shape index (κ2) is 6.15. The first-order valence-electron chi connectivity index (χ1n) is 6.08. The fourth-order valence-corrected chi connectivity index (χ4v) is 1.76. The van der Waals surface area contributed by atoms with E-state index in [4.69, 9.17) is 4.74 Å². The maximum atomic E-state index is 5.10. The van der Waals surface area contributed by atoms with Gasteiger partial charge in [-0.05, 0) is 12.1 Å². The Balaban J connectivity index is 2.35. The lowest BCUT2D eigenvalue weighted by Gasteiger charge is -2.19. The molecule has 1 aromatic heterocycles. The Hall–Kier alpha value is -2.14. The summed E-state index contributed by atoms with van der Waals surface area (Å²) < 4.78 is 5.10. The van der Waals surface area contributed by atoms with Gasteiger partial charge in [-0.1, -0.05) is 18.2 Å². The first kappa shape index (κ1) is 13.3. The van der Waals surface area contributed by atoms with E-state index in [2.05, 4.69) is 15.3 Å². The largest absolute Gasteiger partial charge is 0.377 e. The molecule has 100 valence electrons. The highest BCUT2D eigenvalue weighted by Crippen LogP contribution is 2.23. The molecule has 5 nitrogen and oxygen atoms in total.